The molecule has 0 aliphatic rings. The Kier molecular flexibility index (Phi) is 3.33. The van der Waals surface area contributed by atoms with Gasteiger partial charge in [0.25, 0.3) is 0 Å². The number of nitrogens with zero attached hydrogens (tertiary/aromatic N) is 1. The lowest BCUT2D eigenvalue weighted by atomic mass is 10.1. The molecule has 2 nitrogen and oxygen atoms in total. The molecule has 0 radical (unpaired) electrons. The fourth-order valence-corrected chi connectivity index (χ4v) is 2.43. The van der Waals surface area contributed by atoms with Gasteiger partial charge in [0.1, 0.15) is 5.69 Å². The molecule has 0 fully saturated rings. The fraction of sp³-hybridized carbons (Fsp3) is 0.133. The zero-order valence-corrected chi connectivity index (χ0v) is 12.6. The summed E-state index contributed by atoms with van der Waals surface area (Å²) in [6, 6.07) is 13.7. The Hall–Kier alpha value is -1.32. The Morgan fingerprint density at radius 3 is 2.58 bits per heavy atom. The smallest absolute Gasteiger partial charge is 0.167 e. The normalized spacial score (nSPS) is 12.8. The lowest BCUT2D eigenvalue weighted by Crippen LogP contribution is -1.82. The van der Waals surface area contributed by atoms with Crippen LogP contribution in [-0.2, 0) is 0 Å². The van der Waals surface area contributed by atoms with Crippen molar-refractivity contribution in [2.45, 2.75) is 11.8 Å². The van der Waals surface area contributed by atoms with Crippen LogP contribution in [0.3, 0.4) is 0 Å². The van der Waals surface area contributed by atoms with Gasteiger partial charge in [0.05, 0.1) is 0 Å². The van der Waals surface area contributed by atoms with Gasteiger partial charge < -0.3 is 4.52 Å². The minimum Gasteiger partial charge on any atom is -0.356 e. The van der Waals surface area contributed by atoms with Crippen molar-refractivity contribution in [3.8, 4) is 11.3 Å². The molecule has 0 aliphatic carbocycles. The largest absolute Gasteiger partial charge is 0.356 e. The molecule has 0 amide bonds. The van der Waals surface area contributed by atoms with Gasteiger partial charge in [-0.2, -0.15) is 0 Å². The molecule has 1 atom stereocenters. The fourth-order valence-electron chi connectivity index (χ4n) is 2.02. The maximum absolute atomic E-state index is 5.90. The molecule has 0 aliphatic heterocycles. The van der Waals surface area contributed by atoms with E-state index in [-0.39, 0.29) is 0 Å². The number of halogens is 2. The van der Waals surface area contributed by atoms with Crippen molar-refractivity contribution in [2.75, 3.05) is 0 Å². The molecule has 0 bridgehead atoms. The van der Waals surface area contributed by atoms with Crippen molar-refractivity contribution < 1.29 is 4.52 Å². The van der Waals surface area contributed by atoms with E-state index in [9.17, 15) is 0 Å². The van der Waals surface area contributed by atoms with Crippen LogP contribution < -0.4 is 0 Å². The summed E-state index contributed by atoms with van der Waals surface area (Å²) >= 11 is 9.45. The first-order valence-electron chi connectivity index (χ1n) is 5.94. The van der Waals surface area contributed by atoms with Crippen molar-refractivity contribution >= 4 is 38.5 Å². The second-order valence-electron chi connectivity index (χ2n) is 4.41. The summed E-state index contributed by atoms with van der Waals surface area (Å²) in [6.07, 6.45) is 0. The monoisotopic (exact) mass is 335 g/mol. The topological polar surface area (TPSA) is 26.0 Å². The minimum atomic E-state index is 0.293. The number of hydrogen-bond donors (Lipinski definition) is 0. The van der Waals surface area contributed by atoms with Gasteiger partial charge in [-0.05, 0) is 36.8 Å². The average Bonchev–Trinajstić information content (AvgIpc) is 2.82. The summed E-state index contributed by atoms with van der Waals surface area (Å²) in [5.74, 6) is 0. The highest BCUT2D eigenvalue weighted by molar-refractivity contribution is 9.09. The van der Waals surface area contributed by atoms with Crippen LogP contribution in [-0.4, -0.2) is 5.16 Å². The zero-order valence-electron chi connectivity index (χ0n) is 10.2. The van der Waals surface area contributed by atoms with E-state index in [0.29, 0.717) is 9.85 Å². The summed E-state index contributed by atoms with van der Waals surface area (Å²) in [4.78, 5) is 0.293. The van der Waals surface area contributed by atoms with E-state index in [0.717, 1.165) is 22.2 Å². The SMILES string of the molecule is C[C@@H](Br)c1ccc2c(-c3ccc(Cl)cc3)noc2c1. The lowest BCUT2D eigenvalue weighted by molar-refractivity contribution is 0.459. The molecule has 1 heterocycles. The third-order valence-electron chi connectivity index (χ3n) is 3.07. The molecule has 4 heteroatoms. The van der Waals surface area contributed by atoms with Crippen LogP contribution >= 0.6 is 27.5 Å². The summed E-state index contributed by atoms with van der Waals surface area (Å²) < 4.78 is 5.42. The standard InChI is InChI=1S/C15H11BrClNO/c1-9(16)11-4-7-13-14(8-11)19-18-15(13)10-2-5-12(17)6-3-10/h2-9H,1H3/t9-/m1/s1. The van der Waals surface area contributed by atoms with Gasteiger partial charge in [-0.1, -0.05) is 50.9 Å². The maximum Gasteiger partial charge on any atom is 0.167 e. The number of rotatable bonds is 2. The second-order valence-corrected chi connectivity index (χ2v) is 6.22. The first-order chi connectivity index (χ1) is 9.15. The van der Waals surface area contributed by atoms with Gasteiger partial charge in [0, 0.05) is 20.8 Å². The first-order valence-corrected chi connectivity index (χ1v) is 7.24. The minimum absolute atomic E-state index is 0.293. The number of benzene rings is 2. The Balaban J connectivity index is 2.13. The Morgan fingerprint density at radius 2 is 1.89 bits per heavy atom. The Labute approximate surface area is 124 Å². The molecule has 0 saturated carbocycles. The maximum atomic E-state index is 5.90. The van der Waals surface area contributed by atoms with Gasteiger partial charge in [-0.25, -0.2) is 0 Å². The van der Waals surface area contributed by atoms with E-state index in [1.54, 1.807) is 0 Å². The van der Waals surface area contributed by atoms with E-state index in [1.165, 1.54) is 5.56 Å². The molecule has 0 unspecified atom stereocenters. The van der Waals surface area contributed by atoms with Crippen LogP contribution in [0.2, 0.25) is 5.02 Å². The highest BCUT2D eigenvalue weighted by atomic mass is 79.9. The summed E-state index contributed by atoms with van der Waals surface area (Å²) in [7, 11) is 0. The van der Waals surface area contributed by atoms with E-state index in [1.807, 2.05) is 36.4 Å². The highest BCUT2D eigenvalue weighted by Gasteiger charge is 2.12. The number of alkyl halides is 1. The molecule has 2 aromatic carbocycles. The van der Waals surface area contributed by atoms with Crippen LogP contribution in [0, 0.1) is 0 Å². The van der Waals surface area contributed by atoms with Crippen molar-refractivity contribution in [1.82, 2.24) is 5.16 Å². The van der Waals surface area contributed by atoms with E-state index in [2.05, 4.69) is 34.1 Å². The molecule has 19 heavy (non-hydrogen) atoms. The van der Waals surface area contributed by atoms with Crippen molar-refractivity contribution in [2.24, 2.45) is 0 Å². The predicted octanol–water partition coefficient (Wildman–Crippen LogP) is 5.60. The molecule has 0 spiro atoms. The molecule has 3 rings (SSSR count). The van der Waals surface area contributed by atoms with E-state index >= 15 is 0 Å². The zero-order chi connectivity index (χ0) is 13.4. The quantitative estimate of drug-likeness (QED) is 0.569. The predicted molar refractivity (Wildman–Crippen MR) is 81.8 cm³/mol. The van der Waals surface area contributed by atoms with Gasteiger partial charge in [0.15, 0.2) is 5.58 Å². The van der Waals surface area contributed by atoms with Crippen LogP contribution in [0.15, 0.2) is 47.0 Å². The van der Waals surface area contributed by atoms with Crippen molar-refractivity contribution in [3.05, 3.63) is 53.1 Å². The number of hydrogen-bond acceptors (Lipinski definition) is 2. The van der Waals surface area contributed by atoms with Crippen molar-refractivity contribution in [1.29, 1.82) is 0 Å². The van der Waals surface area contributed by atoms with Gasteiger partial charge >= 0.3 is 0 Å². The number of aromatic nitrogens is 1. The molecule has 0 saturated heterocycles. The Bertz CT molecular complexity index is 719. The van der Waals surface area contributed by atoms with Gasteiger partial charge in [-0.15, -0.1) is 0 Å². The third-order valence-corrected chi connectivity index (χ3v) is 3.85. The van der Waals surface area contributed by atoms with Gasteiger partial charge in [-0.3, -0.25) is 0 Å². The molecule has 96 valence electrons. The Morgan fingerprint density at radius 1 is 1.16 bits per heavy atom. The molecular weight excluding hydrogens is 326 g/mol. The lowest BCUT2D eigenvalue weighted by Gasteiger charge is -2.02. The van der Waals surface area contributed by atoms with E-state index in [4.69, 9.17) is 16.1 Å². The van der Waals surface area contributed by atoms with Crippen LogP contribution in [0.1, 0.15) is 17.3 Å². The molecule has 3 aromatic rings. The summed E-state index contributed by atoms with van der Waals surface area (Å²) in [6.45, 7) is 2.08. The van der Waals surface area contributed by atoms with Crippen LogP contribution in [0.5, 0.6) is 0 Å². The van der Waals surface area contributed by atoms with Crippen LogP contribution in [0.25, 0.3) is 22.2 Å². The number of fused-ring (bicyclic) bond motifs is 1. The van der Waals surface area contributed by atoms with E-state index < -0.39 is 0 Å². The first kappa shape index (κ1) is 12.7. The molecule has 0 N–H and O–H groups in total. The van der Waals surface area contributed by atoms with Gasteiger partial charge in [0.2, 0.25) is 0 Å². The summed E-state index contributed by atoms with van der Waals surface area (Å²) in [5.41, 5.74) is 3.82. The summed E-state index contributed by atoms with van der Waals surface area (Å²) in [5, 5.41) is 5.89. The van der Waals surface area contributed by atoms with Crippen molar-refractivity contribution in [3.63, 3.8) is 0 Å². The molecular formula is C15H11BrClNO. The van der Waals surface area contributed by atoms with Crippen LogP contribution in [0.4, 0.5) is 0 Å². The third kappa shape index (κ3) is 2.40. The average molecular weight is 337 g/mol. The second kappa shape index (κ2) is 4.99. The molecule has 1 aromatic heterocycles. The highest BCUT2D eigenvalue weighted by Crippen LogP contribution is 2.31.